The van der Waals surface area contributed by atoms with Crippen molar-refractivity contribution in [2.24, 2.45) is 0 Å². The number of hydrogen-bond donors (Lipinski definition) is 0. The summed E-state index contributed by atoms with van der Waals surface area (Å²) in [5, 5.41) is 2.41. The van der Waals surface area contributed by atoms with Crippen LogP contribution in [-0.4, -0.2) is 74.5 Å². The van der Waals surface area contributed by atoms with Crippen molar-refractivity contribution in [2.45, 2.75) is 75.7 Å². The van der Waals surface area contributed by atoms with E-state index in [0.29, 0.717) is 13.1 Å². The van der Waals surface area contributed by atoms with E-state index in [2.05, 4.69) is 0 Å². The maximum Gasteiger partial charge on any atom is 0.437 e. The number of carbonyl (C=O) groups is 3. The Hall–Kier alpha value is -1.98. The van der Waals surface area contributed by atoms with E-state index in [1.54, 1.807) is 20.8 Å². The Morgan fingerprint density at radius 3 is 2.16 bits per heavy atom. The first-order valence-electron chi connectivity index (χ1n) is 12.0. The first-order chi connectivity index (χ1) is 17.2. The molecule has 2 rings (SSSR count). The molecule has 0 N–H and O–H groups in total. The van der Waals surface area contributed by atoms with E-state index in [0.717, 1.165) is 10.6 Å². The van der Waals surface area contributed by atoms with Gasteiger partial charge in [0.25, 0.3) is 0 Å². The molecule has 10 nitrogen and oxygen atoms in total. The van der Waals surface area contributed by atoms with E-state index >= 15 is 0 Å². The lowest BCUT2D eigenvalue weighted by molar-refractivity contribution is -0.202. The van der Waals surface area contributed by atoms with Crippen LogP contribution in [-0.2, 0) is 30.6 Å². The van der Waals surface area contributed by atoms with Gasteiger partial charge in [0.05, 0.1) is 6.04 Å². The molecule has 1 fully saturated rings. The molecule has 2 amide bonds. The predicted octanol–water partition coefficient (Wildman–Crippen LogP) is 5.45. The number of alkyl halides is 3. The number of hydroxylamine groups is 4. The zero-order valence-electron chi connectivity index (χ0n) is 21.6. The largest absolute Gasteiger partial charge is 0.444 e. The Balaban J connectivity index is 2.30. The first-order valence-corrected chi connectivity index (χ1v) is 13.1. The van der Waals surface area contributed by atoms with Crippen LogP contribution in [0, 0.1) is 0 Å². The minimum atomic E-state index is -2.33. The predicted molar refractivity (Wildman–Crippen MR) is 139 cm³/mol. The maximum atomic E-state index is 13.1. The molecule has 2 atom stereocenters. The summed E-state index contributed by atoms with van der Waals surface area (Å²) in [6, 6.07) is 7.42. The average molecular weight is 583 g/mol. The second-order valence-electron chi connectivity index (χ2n) is 9.30. The molecule has 1 saturated heterocycles. The van der Waals surface area contributed by atoms with Crippen molar-refractivity contribution in [3.05, 3.63) is 35.9 Å². The zero-order chi connectivity index (χ0) is 27.8. The van der Waals surface area contributed by atoms with Gasteiger partial charge < -0.3 is 14.3 Å². The molecule has 1 aromatic rings. The third-order valence-corrected chi connectivity index (χ3v) is 5.54. The monoisotopic (exact) mass is 581 g/mol. The van der Waals surface area contributed by atoms with Gasteiger partial charge in [0.2, 0.25) is 0 Å². The van der Waals surface area contributed by atoms with Crippen molar-refractivity contribution >= 4 is 53.0 Å². The zero-order valence-corrected chi connectivity index (χ0v) is 23.9. The van der Waals surface area contributed by atoms with Crippen LogP contribution in [0.15, 0.2) is 30.3 Å². The maximum absolute atomic E-state index is 13.1. The van der Waals surface area contributed by atoms with Gasteiger partial charge in [0, 0.05) is 19.6 Å². The normalized spacial score (nSPS) is 18.4. The lowest BCUT2D eigenvalue weighted by atomic mass is 9.98. The summed E-state index contributed by atoms with van der Waals surface area (Å²) in [4.78, 5) is 51.5. The van der Waals surface area contributed by atoms with Crippen LogP contribution in [0.4, 0.5) is 9.59 Å². The van der Waals surface area contributed by atoms with Gasteiger partial charge in [-0.1, -0.05) is 30.3 Å². The lowest BCUT2D eigenvalue weighted by Crippen LogP contribution is -2.59. The Morgan fingerprint density at radius 2 is 1.62 bits per heavy atom. The summed E-state index contributed by atoms with van der Waals surface area (Å²) in [6.07, 6.45) is -1.37. The van der Waals surface area contributed by atoms with Gasteiger partial charge in [-0.2, -0.15) is 5.06 Å². The molecule has 13 heteroatoms. The highest BCUT2D eigenvalue weighted by atomic mass is 35.6. The van der Waals surface area contributed by atoms with Crippen LogP contribution in [0.2, 0.25) is 0 Å². The highest BCUT2D eigenvalue weighted by Crippen LogP contribution is 2.31. The van der Waals surface area contributed by atoms with Gasteiger partial charge in [-0.25, -0.2) is 14.4 Å². The van der Waals surface area contributed by atoms with E-state index < -0.39 is 39.8 Å². The lowest BCUT2D eigenvalue weighted by Gasteiger charge is -2.42. The SMILES string of the molecule is CCN(CC)OC(=O)[C@@H]1CC[C@@H](N(OCc2ccccc2)C(=O)OC(Cl)(Cl)Cl)CN1C(=O)OC(C)(C)C. The summed E-state index contributed by atoms with van der Waals surface area (Å²) in [5.74, 6) is -0.603. The average Bonchev–Trinajstić information content (AvgIpc) is 2.80. The molecule has 1 aromatic carbocycles. The van der Waals surface area contributed by atoms with Crippen LogP contribution in [0.25, 0.3) is 0 Å². The Bertz CT molecular complexity index is 905. The molecule has 37 heavy (non-hydrogen) atoms. The molecule has 208 valence electrons. The van der Waals surface area contributed by atoms with E-state index in [4.69, 9.17) is 54.0 Å². The van der Waals surface area contributed by atoms with Gasteiger partial charge in [-0.05, 0) is 87.8 Å². The number of hydrogen-bond acceptors (Lipinski definition) is 8. The molecule has 0 unspecified atom stereocenters. The standard InChI is InChI=1S/C24H34Cl3N3O7/c1-6-28(7-2)37-20(31)19-14-13-18(15-29(19)21(32)35-23(3,4)5)30(22(33)36-24(25,26)27)34-16-17-11-9-8-10-12-17/h8-12,18-19H,6-7,13-16H2,1-5H3/t18-,19+/m1/s1. The number of ether oxygens (including phenoxy) is 2. The summed E-state index contributed by atoms with van der Waals surface area (Å²) >= 11 is 17.0. The fourth-order valence-corrected chi connectivity index (χ4v) is 3.82. The molecular weight excluding hydrogens is 549 g/mol. The summed E-state index contributed by atoms with van der Waals surface area (Å²) in [7, 11) is 0. The van der Waals surface area contributed by atoms with Crippen LogP contribution >= 0.6 is 34.8 Å². The van der Waals surface area contributed by atoms with Crippen molar-refractivity contribution in [3.63, 3.8) is 0 Å². The van der Waals surface area contributed by atoms with Crippen LogP contribution < -0.4 is 0 Å². The van der Waals surface area contributed by atoms with Crippen molar-refractivity contribution in [1.82, 2.24) is 15.0 Å². The molecule has 1 aliphatic heterocycles. The van der Waals surface area contributed by atoms with Gasteiger partial charge in [0.15, 0.2) is 0 Å². The van der Waals surface area contributed by atoms with E-state index in [1.165, 1.54) is 9.96 Å². The first kappa shape index (κ1) is 31.2. The fourth-order valence-electron chi connectivity index (χ4n) is 3.62. The molecule has 0 aliphatic carbocycles. The Morgan fingerprint density at radius 1 is 1.00 bits per heavy atom. The highest BCUT2D eigenvalue weighted by Gasteiger charge is 2.44. The van der Waals surface area contributed by atoms with Gasteiger partial charge >= 0.3 is 22.1 Å². The van der Waals surface area contributed by atoms with E-state index in [1.807, 2.05) is 44.2 Å². The van der Waals surface area contributed by atoms with Crippen molar-refractivity contribution in [1.29, 1.82) is 0 Å². The van der Waals surface area contributed by atoms with Crippen LogP contribution in [0.3, 0.4) is 0 Å². The third-order valence-electron chi connectivity index (χ3n) is 5.31. The number of halogens is 3. The Kier molecular flexibility index (Phi) is 11.6. The molecule has 1 aliphatic rings. The smallest absolute Gasteiger partial charge is 0.437 e. The highest BCUT2D eigenvalue weighted by molar-refractivity contribution is 6.66. The van der Waals surface area contributed by atoms with Crippen molar-refractivity contribution < 1.29 is 33.5 Å². The molecule has 0 spiro atoms. The van der Waals surface area contributed by atoms with E-state index in [9.17, 15) is 14.4 Å². The van der Waals surface area contributed by atoms with Gasteiger partial charge in [-0.3, -0.25) is 9.74 Å². The molecular formula is C24H34Cl3N3O7. The number of piperidine rings is 1. The second kappa shape index (κ2) is 13.7. The summed E-state index contributed by atoms with van der Waals surface area (Å²) in [6.45, 7) is 9.68. The minimum Gasteiger partial charge on any atom is -0.444 e. The van der Waals surface area contributed by atoms with E-state index in [-0.39, 0.29) is 26.0 Å². The third kappa shape index (κ3) is 10.4. The number of benzene rings is 1. The molecule has 0 radical (unpaired) electrons. The van der Waals surface area contributed by atoms with Crippen molar-refractivity contribution in [2.75, 3.05) is 19.6 Å². The number of carbonyl (C=O) groups excluding carboxylic acids is 3. The fraction of sp³-hybridized carbons (Fsp3) is 0.625. The number of rotatable bonds is 8. The molecule has 1 heterocycles. The summed E-state index contributed by atoms with van der Waals surface area (Å²) in [5.41, 5.74) is -0.0513. The van der Waals surface area contributed by atoms with Crippen LogP contribution in [0.1, 0.15) is 53.0 Å². The van der Waals surface area contributed by atoms with Crippen LogP contribution in [0.5, 0.6) is 0 Å². The molecule has 0 aromatic heterocycles. The summed E-state index contributed by atoms with van der Waals surface area (Å²) < 4.78 is 8.11. The van der Waals surface area contributed by atoms with Gasteiger partial charge in [0.1, 0.15) is 18.2 Å². The minimum absolute atomic E-state index is 0.00612. The molecule has 0 saturated carbocycles. The quantitative estimate of drug-likeness (QED) is 0.295. The second-order valence-corrected chi connectivity index (χ2v) is 11.5. The number of amides is 2. The van der Waals surface area contributed by atoms with Gasteiger partial charge in [-0.15, -0.1) is 5.06 Å². The number of likely N-dealkylation sites (tertiary alicyclic amines) is 1. The van der Waals surface area contributed by atoms with Crippen molar-refractivity contribution in [3.8, 4) is 0 Å². The Labute approximate surface area is 232 Å². The number of nitrogens with zero attached hydrogens (tertiary/aromatic N) is 3. The topological polar surface area (TPSA) is 97.9 Å². The molecule has 0 bridgehead atoms.